The molecule has 5 nitrogen and oxygen atoms in total. The number of nitriles is 1. The third-order valence-corrected chi connectivity index (χ3v) is 2.74. The number of hydrogen-bond acceptors (Lipinski definition) is 5. The number of benzene rings is 1. The van der Waals surface area contributed by atoms with E-state index in [0.29, 0.717) is 17.2 Å². The predicted octanol–water partition coefficient (Wildman–Crippen LogP) is 2.99. The second-order valence-corrected chi connectivity index (χ2v) is 3.98. The van der Waals surface area contributed by atoms with Crippen LogP contribution in [0.1, 0.15) is 5.56 Å². The number of anilines is 1. The molecule has 1 aromatic carbocycles. The number of halogens is 1. The Kier molecular flexibility index (Phi) is 3.74. The van der Waals surface area contributed by atoms with Gasteiger partial charge in [0, 0.05) is 18.0 Å². The Bertz CT molecular complexity index is 653. The molecule has 0 spiro atoms. The van der Waals surface area contributed by atoms with Gasteiger partial charge >= 0.3 is 0 Å². The number of methoxy groups -OCH3 is 1. The van der Waals surface area contributed by atoms with Gasteiger partial charge in [0.05, 0.1) is 12.7 Å². The van der Waals surface area contributed by atoms with Gasteiger partial charge in [-0.2, -0.15) is 5.26 Å². The van der Waals surface area contributed by atoms with Crippen molar-refractivity contribution in [3.05, 3.63) is 41.0 Å². The highest BCUT2D eigenvalue weighted by molar-refractivity contribution is 6.33. The Hall–Kier alpha value is -2.45. The fraction of sp³-hybridized carbons (Fsp3) is 0.0769. The average molecular weight is 276 g/mol. The molecule has 96 valence electrons. The number of pyridine rings is 1. The quantitative estimate of drug-likeness (QED) is 0.871. The zero-order valence-corrected chi connectivity index (χ0v) is 10.8. The van der Waals surface area contributed by atoms with Gasteiger partial charge in [-0.25, -0.2) is 4.98 Å². The second kappa shape index (κ2) is 5.46. The molecule has 0 saturated heterocycles. The lowest BCUT2D eigenvalue weighted by Gasteiger charge is -2.11. The molecule has 0 radical (unpaired) electrons. The van der Waals surface area contributed by atoms with E-state index in [1.54, 1.807) is 18.2 Å². The molecule has 0 bridgehead atoms. The molecule has 0 amide bonds. The Morgan fingerprint density at radius 2 is 2.11 bits per heavy atom. The Labute approximate surface area is 115 Å². The third kappa shape index (κ3) is 2.69. The van der Waals surface area contributed by atoms with E-state index < -0.39 is 0 Å². The predicted molar refractivity (Wildman–Crippen MR) is 71.4 cm³/mol. The first-order chi connectivity index (χ1) is 9.15. The minimum Gasteiger partial charge on any atom is -0.493 e. The van der Waals surface area contributed by atoms with Gasteiger partial charge in [-0.05, 0) is 18.2 Å². The Balaban J connectivity index is 2.42. The highest BCUT2D eigenvalue weighted by Gasteiger charge is 2.12. The molecule has 1 heterocycles. The first kappa shape index (κ1) is 13.0. The van der Waals surface area contributed by atoms with Crippen LogP contribution in [0.25, 0.3) is 0 Å². The highest BCUT2D eigenvalue weighted by atomic mass is 35.5. The molecule has 19 heavy (non-hydrogen) atoms. The summed E-state index contributed by atoms with van der Waals surface area (Å²) in [6, 6.07) is 8.41. The van der Waals surface area contributed by atoms with E-state index in [9.17, 15) is 0 Å². The minimum absolute atomic E-state index is 0.129. The van der Waals surface area contributed by atoms with Crippen LogP contribution in [0, 0.1) is 11.3 Å². The lowest BCUT2D eigenvalue weighted by molar-refractivity contribution is 0.374. The van der Waals surface area contributed by atoms with Gasteiger partial charge in [0.2, 0.25) is 5.88 Å². The van der Waals surface area contributed by atoms with Crippen molar-refractivity contribution in [3.63, 3.8) is 0 Å². The molecule has 2 N–H and O–H groups in total. The topological polar surface area (TPSA) is 81.2 Å². The standard InChI is InChI=1S/C13H10ClN3O2/c1-18-10-3-2-9(16)6-11(10)19-13-12(14)8(7-15)4-5-17-13/h2-6H,16H2,1H3. The summed E-state index contributed by atoms with van der Waals surface area (Å²) >= 11 is 6.01. The summed E-state index contributed by atoms with van der Waals surface area (Å²) in [5.41, 5.74) is 6.49. The summed E-state index contributed by atoms with van der Waals surface area (Å²) in [4.78, 5) is 3.99. The summed E-state index contributed by atoms with van der Waals surface area (Å²) in [5, 5.41) is 9.04. The number of nitrogen functional groups attached to an aromatic ring is 1. The molecule has 0 atom stereocenters. The Morgan fingerprint density at radius 1 is 1.32 bits per heavy atom. The van der Waals surface area contributed by atoms with Gasteiger partial charge in [-0.3, -0.25) is 0 Å². The van der Waals surface area contributed by atoms with Crippen molar-refractivity contribution < 1.29 is 9.47 Å². The van der Waals surface area contributed by atoms with E-state index in [2.05, 4.69) is 4.98 Å². The fourth-order valence-corrected chi connectivity index (χ4v) is 1.65. The number of rotatable bonds is 3. The van der Waals surface area contributed by atoms with E-state index >= 15 is 0 Å². The largest absolute Gasteiger partial charge is 0.493 e. The van der Waals surface area contributed by atoms with Crippen LogP contribution in [-0.4, -0.2) is 12.1 Å². The molecule has 0 fully saturated rings. The van der Waals surface area contributed by atoms with Crippen molar-refractivity contribution in [2.75, 3.05) is 12.8 Å². The van der Waals surface area contributed by atoms with Crippen LogP contribution in [0.3, 0.4) is 0 Å². The van der Waals surface area contributed by atoms with E-state index in [0.717, 1.165) is 0 Å². The molecule has 0 aliphatic heterocycles. The van der Waals surface area contributed by atoms with E-state index in [-0.39, 0.29) is 16.5 Å². The van der Waals surface area contributed by atoms with Crippen LogP contribution in [0.15, 0.2) is 30.5 Å². The van der Waals surface area contributed by atoms with Crippen molar-refractivity contribution in [2.24, 2.45) is 0 Å². The number of nitrogens with zero attached hydrogens (tertiary/aromatic N) is 2. The van der Waals surface area contributed by atoms with Gasteiger partial charge < -0.3 is 15.2 Å². The summed E-state index contributed by atoms with van der Waals surface area (Å²) < 4.78 is 10.7. The number of hydrogen-bond donors (Lipinski definition) is 1. The van der Waals surface area contributed by atoms with Crippen molar-refractivity contribution >= 4 is 17.3 Å². The molecular formula is C13H10ClN3O2. The lowest BCUT2D eigenvalue weighted by Crippen LogP contribution is -1.95. The average Bonchev–Trinajstić information content (AvgIpc) is 2.41. The molecule has 0 aliphatic carbocycles. The fourth-order valence-electron chi connectivity index (χ4n) is 1.46. The van der Waals surface area contributed by atoms with Crippen LogP contribution in [0.2, 0.25) is 5.02 Å². The molecular weight excluding hydrogens is 266 g/mol. The zero-order chi connectivity index (χ0) is 13.8. The molecule has 0 aliphatic rings. The Morgan fingerprint density at radius 3 is 2.79 bits per heavy atom. The maximum atomic E-state index is 8.89. The molecule has 1 aromatic heterocycles. The summed E-state index contributed by atoms with van der Waals surface area (Å²) in [6.07, 6.45) is 1.44. The van der Waals surface area contributed by atoms with E-state index in [4.69, 9.17) is 32.1 Å². The lowest BCUT2D eigenvalue weighted by atomic mass is 10.2. The molecule has 2 aromatic rings. The zero-order valence-electron chi connectivity index (χ0n) is 10.1. The molecule has 0 saturated carbocycles. The van der Waals surface area contributed by atoms with Crippen molar-refractivity contribution in [2.45, 2.75) is 0 Å². The maximum Gasteiger partial charge on any atom is 0.239 e. The number of ether oxygens (including phenoxy) is 2. The second-order valence-electron chi connectivity index (χ2n) is 3.60. The first-order valence-electron chi connectivity index (χ1n) is 5.31. The maximum absolute atomic E-state index is 8.89. The molecule has 2 rings (SSSR count). The van der Waals surface area contributed by atoms with Gasteiger partial charge in [-0.15, -0.1) is 0 Å². The summed E-state index contributed by atoms with van der Waals surface area (Å²) in [5.74, 6) is 1.01. The van der Waals surface area contributed by atoms with Gasteiger partial charge in [0.25, 0.3) is 0 Å². The summed E-state index contributed by atoms with van der Waals surface area (Å²) in [6.45, 7) is 0. The SMILES string of the molecule is COc1ccc(N)cc1Oc1nccc(C#N)c1Cl. The van der Waals surface area contributed by atoms with Crippen molar-refractivity contribution in [1.29, 1.82) is 5.26 Å². The highest BCUT2D eigenvalue weighted by Crippen LogP contribution is 2.35. The van der Waals surface area contributed by atoms with Gasteiger partial charge in [0.1, 0.15) is 11.1 Å². The normalized spacial score (nSPS) is 9.74. The van der Waals surface area contributed by atoms with Crippen LogP contribution >= 0.6 is 11.6 Å². The van der Waals surface area contributed by atoms with Crippen molar-refractivity contribution in [3.8, 4) is 23.4 Å². The molecule has 0 unspecified atom stereocenters. The van der Waals surface area contributed by atoms with Crippen LogP contribution in [0.4, 0.5) is 5.69 Å². The smallest absolute Gasteiger partial charge is 0.239 e. The van der Waals surface area contributed by atoms with Crippen LogP contribution < -0.4 is 15.2 Å². The van der Waals surface area contributed by atoms with Crippen LogP contribution in [0.5, 0.6) is 17.4 Å². The summed E-state index contributed by atoms with van der Waals surface area (Å²) in [7, 11) is 1.51. The first-order valence-corrected chi connectivity index (χ1v) is 5.69. The third-order valence-electron chi connectivity index (χ3n) is 2.37. The van der Waals surface area contributed by atoms with Gasteiger partial charge in [-0.1, -0.05) is 11.6 Å². The monoisotopic (exact) mass is 275 g/mol. The van der Waals surface area contributed by atoms with Crippen LogP contribution in [-0.2, 0) is 0 Å². The van der Waals surface area contributed by atoms with E-state index in [1.807, 2.05) is 6.07 Å². The number of aromatic nitrogens is 1. The minimum atomic E-state index is 0.129. The number of nitrogens with two attached hydrogens (primary N) is 1. The van der Waals surface area contributed by atoms with E-state index in [1.165, 1.54) is 19.4 Å². The van der Waals surface area contributed by atoms with Crippen molar-refractivity contribution in [1.82, 2.24) is 4.98 Å². The van der Waals surface area contributed by atoms with Gasteiger partial charge in [0.15, 0.2) is 11.5 Å². The molecule has 6 heteroatoms.